The lowest BCUT2D eigenvalue weighted by molar-refractivity contribution is 0.470. The van der Waals surface area contributed by atoms with Crippen molar-refractivity contribution in [2.45, 2.75) is 6.42 Å². The van der Waals surface area contributed by atoms with Gasteiger partial charge in [0.1, 0.15) is 5.75 Å². The van der Waals surface area contributed by atoms with Gasteiger partial charge in [-0.15, -0.1) is 0 Å². The maximum absolute atomic E-state index is 9.59. The van der Waals surface area contributed by atoms with Crippen LogP contribution in [0, 0.1) is 0 Å². The number of hydrogen-bond donors (Lipinski definition) is 1. The number of para-hydroxylation sites is 1. The fourth-order valence-corrected chi connectivity index (χ4v) is 1.69. The Morgan fingerprint density at radius 1 is 0.833 bits per heavy atom. The number of benzene rings is 2. The third-order valence-electron chi connectivity index (χ3n) is 2.66. The molecular weight excluding hydrogens is 220 g/mol. The summed E-state index contributed by atoms with van der Waals surface area (Å²) < 4.78 is 0. The maximum atomic E-state index is 9.59. The molecule has 0 fully saturated rings. The number of aromatic hydroxyl groups is 1. The zero-order valence-corrected chi connectivity index (χ0v) is 10.2. The molecule has 90 valence electrons. The standard InChI is InChI=1S/C17H16O/c18-17-14-8-7-13-16(17)12-6-2-5-11-15-9-3-1-4-10-15/h1-11,13-14,18H,12H2/b6-2+,11-5+. The topological polar surface area (TPSA) is 20.2 Å². The fourth-order valence-electron chi connectivity index (χ4n) is 1.69. The van der Waals surface area contributed by atoms with Crippen molar-refractivity contribution < 1.29 is 5.11 Å². The average Bonchev–Trinajstić information content (AvgIpc) is 2.42. The highest BCUT2D eigenvalue weighted by atomic mass is 16.3. The molecule has 0 bridgehead atoms. The van der Waals surface area contributed by atoms with Gasteiger partial charge in [-0.05, 0) is 23.6 Å². The van der Waals surface area contributed by atoms with E-state index in [-0.39, 0.29) is 0 Å². The van der Waals surface area contributed by atoms with E-state index in [4.69, 9.17) is 0 Å². The quantitative estimate of drug-likeness (QED) is 0.789. The first-order valence-corrected chi connectivity index (χ1v) is 6.01. The van der Waals surface area contributed by atoms with Gasteiger partial charge < -0.3 is 5.11 Å². The number of phenols is 1. The second-order valence-corrected chi connectivity index (χ2v) is 4.03. The van der Waals surface area contributed by atoms with Crippen molar-refractivity contribution in [2.75, 3.05) is 0 Å². The predicted molar refractivity (Wildman–Crippen MR) is 76.4 cm³/mol. The van der Waals surface area contributed by atoms with E-state index in [1.54, 1.807) is 6.07 Å². The van der Waals surface area contributed by atoms with Gasteiger partial charge in [-0.1, -0.05) is 72.8 Å². The van der Waals surface area contributed by atoms with Gasteiger partial charge in [0.05, 0.1) is 0 Å². The van der Waals surface area contributed by atoms with Crippen LogP contribution >= 0.6 is 0 Å². The van der Waals surface area contributed by atoms with Gasteiger partial charge in [0.15, 0.2) is 0 Å². The Hall–Kier alpha value is -2.28. The van der Waals surface area contributed by atoms with Crippen LogP contribution in [0.25, 0.3) is 6.08 Å². The second-order valence-electron chi connectivity index (χ2n) is 4.03. The van der Waals surface area contributed by atoms with Crippen LogP contribution in [0.3, 0.4) is 0 Å². The Bertz CT molecular complexity index is 539. The van der Waals surface area contributed by atoms with Crippen molar-refractivity contribution in [1.82, 2.24) is 0 Å². The van der Waals surface area contributed by atoms with Crippen LogP contribution in [0.1, 0.15) is 11.1 Å². The third-order valence-corrected chi connectivity index (χ3v) is 2.66. The molecule has 1 nitrogen and oxygen atoms in total. The fraction of sp³-hybridized carbons (Fsp3) is 0.0588. The van der Waals surface area contributed by atoms with E-state index in [0.717, 1.165) is 12.0 Å². The van der Waals surface area contributed by atoms with Crippen molar-refractivity contribution in [2.24, 2.45) is 0 Å². The summed E-state index contributed by atoms with van der Waals surface area (Å²) in [6.45, 7) is 0. The smallest absolute Gasteiger partial charge is 0.119 e. The molecule has 0 aliphatic carbocycles. The molecule has 2 rings (SSSR count). The van der Waals surface area contributed by atoms with Crippen LogP contribution in [0.2, 0.25) is 0 Å². The van der Waals surface area contributed by atoms with Crippen LogP contribution in [0.5, 0.6) is 5.75 Å². The van der Waals surface area contributed by atoms with Crippen LogP contribution in [0.4, 0.5) is 0 Å². The van der Waals surface area contributed by atoms with Gasteiger partial charge in [0.25, 0.3) is 0 Å². The highest BCUT2D eigenvalue weighted by Crippen LogP contribution is 2.16. The van der Waals surface area contributed by atoms with Gasteiger partial charge in [-0.3, -0.25) is 0 Å². The van der Waals surface area contributed by atoms with Gasteiger partial charge in [-0.2, -0.15) is 0 Å². The summed E-state index contributed by atoms with van der Waals surface area (Å²) >= 11 is 0. The van der Waals surface area contributed by atoms with E-state index in [1.165, 1.54) is 5.56 Å². The van der Waals surface area contributed by atoms with Gasteiger partial charge in [-0.25, -0.2) is 0 Å². The first kappa shape index (κ1) is 12.2. The number of rotatable bonds is 4. The largest absolute Gasteiger partial charge is 0.508 e. The van der Waals surface area contributed by atoms with Crippen molar-refractivity contribution in [3.05, 3.63) is 84.0 Å². The minimum absolute atomic E-state index is 0.356. The zero-order chi connectivity index (χ0) is 12.6. The Morgan fingerprint density at radius 3 is 2.33 bits per heavy atom. The molecule has 0 spiro atoms. The summed E-state index contributed by atoms with van der Waals surface area (Å²) in [4.78, 5) is 0. The first-order valence-electron chi connectivity index (χ1n) is 6.01. The summed E-state index contributed by atoms with van der Waals surface area (Å²) in [7, 11) is 0. The van der Waals surface area contributed by atoms with E-state index in [9.17, 15) is 5.11 Å². The Kier molecular flexibility index (Phi) is 4.37. The molecule has 0 aliphatic rings. The number of allylic oxidation sites excluding steroid dienone is 3. The van der Waals surface area contributed by atoms with Crippen LogP contribution in [-0.2, 0) is 6.42 Å². The molecule has 0 aromatic heterocycles. The highest BCUT2D eigenvalue weighted by Gasteiger charge is 1.94. The molecule has 2 aromatic carbocycles. The van der Waals surface area contributed by atoms with Crippen molar-refractivity contribution in [1.29, 1.82) is 0 Å². The summed E-state index contributed by atoms with van der Waals surface area (Å²) in [5.41, 5.74) is 2.13. The molecule has 0 amide bonds. The van der Waals surface area contributed by atoms with Crippen molar-refractivity contribution in [3.63, 3.8) is 0 Å². The third kappa shape index (κ3) is 3.63. The van der Waals surface area contributed by atoms with E-state index in [2.05, 4.69) is 18.2 Å². The van der Waals surface area contributed by atoms with Crippen LogP contribution in [-0.4, -0.2) is 5.11 Å². The monoisotopic (exact) mass is 236 g/mol. The average molecular weight is 236 g/mol. The Morgan fingerprint density at radius 2 is 1.56 bits per heavy atom. The summed E-state index contributed by atoms with van der Waals surface area (Å²) in [5, 5.41) is 9.59. The molecule has 0 heterocycles. The van der Waals surface area contributed by atoms with E-state index >= 15 is 0 Å². The Labute approximate surface area is 108 Å². The first-order chi connectivity index (χ1) is 8.86. The van der Waals surface area contributed by atoms with E-state index < -0.39 is 0 Å². The maximum Gasteiger partial charge on any atom is 0.119 e. The van der Waals surface area contributed by atoms with Gasteiger partial charge in [0.2, 0.25) is 0 Å². The lowest BCUT2D eigenvalue weighted by atomic mass is 10.1. The Balaban J connectivity index is 1.90. The van der Waals surface area contributed by atoms with E-state index in [1.807, 2.05) is 54.6 Å². The molecule has 0 unspecified atom stereocenters. The minimum atomic E-state index is 0.356. The number of hydrogen-bond acceptors (Lipinski definition) is 1. The van der Waals surface area contributed by atoms with E-state index in [0.29, 0.717) is 5.75 Å². The predicted octanol–water partition coefficient (Wildman–Crippen LogP) is 4.20. The highest BCUT2D eigenvalue weighted by molar-refractivity contribution is 5.50. The molecule has 18 heavy (non-hydrogen) atoms. The molecule has 0 saturated heterocycles. The molecule has 1 N–H and O–H groups in total. The molecule has 2 aromatic rings. The van der Waals surface area contributed by atoms with Crippen LogP contribution in [0.15, 0.2) is 72.8 Å². The minimum Gasteiger partial charge on any atom is -0.508 e. The second kappa shape index (κ2) is 6.45. The zero-order valence-electron chi connectivity index (χ0n) is 10.2. The van der Waals surface area contributed by atoms with Crippen molar-refractivity contribution in [3.8, 4) is 5.75 Å². The molecule has 0 atom stereocenters. The molecule has 0 saturated carbocycles. The summed E-state index contributed by atoms with van der Waals surface area (Å²) in [6, 6.07) is 17.6. The van der Waals surface area contributed by atoms with Gasteiger partial charge in [0, 0.05) is 0 Å². The summed E-state index contributed by atoms with van der Waals surface area (Å²) in [6.07, 6.45) is 8.84. The lowest BCUT2D eigenvalue weighted by Crippen LogP contribution is -1.80. The molecule has 1 heteroatoms. The van der Waals surface area contributed by atoms with Gasteiger partial charge >= 0.3 is 0 Å². The molecular formula is C17H16O. The molecule has 0 aliphatic heterocycles. The normalized spacial score (nSPS) is 11.3. The molecule has 0 radical (unpaired) electrons. The SMILES string of the molecule is Oc1ccccc1C/C=C/C=C/c1ccccc1. The van der Waals surface area contributed by atoms with Crippen LogP contribution < -0.4 is 0 Å². The van der Waals surface area contributed by atoms with Crippen molar-refractivity contribution >= 4 is 6.08 Å². The lowest BCUT2D eigenvalue weighted by Gasteiger charge is -1.98. The summed E-state index contributed by atoms with van der Waals surface area (Å²) in [5.74, 6) is 0.356. The number of phenolic OH excluding ortho intramolecular Hbond substituents is 1.